The molecular weight excluding hydrogens is 220 g/mol. The summed E-state index contributed by atoms with van der Waals surface area (Å²) in [7, 11) is 0. The Balaban J connectivity index is 2.61. The highest BCUT2D eigenvalue weighted by atomic mass is 16.6. The van der Waals surface area contributed by atoms with Gasteiger partial charge < -0.3 is 14.4 Å². The fraction of sp³-hybridized carbons (Fsp3) is 0.750. The lowest BCUT2D eigenvalue weighted by Gasteiger charge is -2.34. The summed E-state index contributed by atoms with van der Waals surface area (Å²) in [6.07, 6.45) is 0.920. The first-order valence-corrected chi connectivity index (χ1v) is 5.70. The van der Waals surface area contributed by atoms with Crippen molar-refractivity contribution in [2.75, 3.05) is 13.1 Å². The van der Waals surface area contributed by atoms with Crippen molar-refractivity contribution in [2.24, 2.45) is 11.8 Å². The van der Waals surface area contributed by atoms with Crippen LogP contribution in [0.3, 0.4) is 0 Å². The van der Waals surface area contributed by atoms with Gasteiger partial charge in [-0.3, -0.25) is 0 Å². The molecule has 0 unspecified atom stereocenters. The Morgan fingerprint density at radius 3 is 2.65 bits per heavy atom. The molecule has 1 rings (SSSR count). The Morgan fingerprint density at radius 1 is 1.53 bits per heavy atom. The number of likely N-dealkylation sites (tertiary alicyclic amines) is 1. The Kier molecular flexibility index (Phi) is 4.11. The van der Waals surface area contributed by atoms with Gasteiger partial charge in [0.05, 0.1) is 12.0 Å². The van der Waals surface area contributed by atoms with Crippen molar-refractivity contribution in [3.8, 4) is 6.07 Å². The minimum atomic E-state index is -0.541. The van der Waals surface area contributed by atoms with E-state index in [1.807, 2.05) is 0 Å². The van der Waals surface area contributed by atoms with E-state index in [4.69, 9.17) is 10.00 Å². The third-order valence-electron chi connectivity index (χ3n) is 2.66. The number of carbonyl (C=O) groups excluding carboxylic acids is 2. The molecule has 94 valence electrons. The lowest BCUT2D eigenvalue weighted by molar-refractivity contribution is -0.113. The molecule has 1 heterocycles. The molecule has 5 heteroatoms. The van der Waals surface area contributed by atoms with E-state index in [9.17, 15) is 9.59 Å². The standard InChI is InChI=1S/C12H18N2O3/c1-12(2,3)17-11(16)14-5-4-9(8-15)10(6-13)7-14/h8-10H,4-5,7H2,1-3H3/t9-,10+/m1/s1. The number of hydrogen-bond acceptors (Lipinski definition) is 4. The molecule has 17 heavy (non-hydrogen) atoms. The number of hydrogen-bond donors (Lipinski definition) is 0. The second kappa shape index (κ2) is 5.17. The van der Waals surface area contributed by atoms with Gasteiger partial charge in [0.2, 0.25) is 0 Å². The van der Waals surface area contributed by atoms with E-state index < -0.39 is 17.6 Å². The SMILES string of the molecule is CC(C)(C)OC(=O)N1CC[C@H](C=O)[C@@H](C#N)C1. The van der Waals surface area contributed by atoms with Crippen LogP contribution in [0.2, 0.25) is 0 Å². The van der Waals surface area contributed by atoms with Crippen molar-refractivity contribution in [1.82, 2.24) is 4.90 Å². The van der Waals surface area contributed by atoms with Crippen LogP contribution in [0.4, 0.5) is 4.79 Å². The van der Waals surface area contributed by atoms with Crippen molar-refractivity contribution < 1.29 is 14.3 Å². The number of carbonyl (C=O) groups is 2. The van der Waals surface area contributed by atoms with Crippen molar-refractivity contribution in [2.45, 2.75) is 32.8 Å². The molecule has 2 atom stereocenters. The highest BCUT2D eigenvalue weighted by molar-refractivity contribution is 5.69. The van der Waals surface area contributed by atoms with Crippen LogP contribution in [-0.4, -0.2) is 36.0 Å². The number of aldehydes is 1. The maximum absolute atomic E-state index is 11.8. The molecule has 0 aromatic carbocycles. The summed E-state index contributed by atoms with van der Waals surface area (Å²) in [5, 5.41) is 8.94. The Bertz CT molecular complexity index is 341. The number of ether oxygens (including phenoxy) is 1. The molecule has 0 N–H and O–H groups in total. The van der Waals surface area contributed by atoms with Gasteiger partial charge in [-0.05, 0) is 27.2 Å². The predicted octanol–water partition coefficient (Wildman–Crippen LogP) is 1.58. The van der Waals surface area contributed by atoms with Gasteiger partial charge in [-0.25, -0.2) is 4.79 Å². The summed E-state index contributed by atoms with van der Waals surface area (Å²) in [5.41, 5.74) is -0.541. The van der Waals surface area contributed by atoms with Gasteiger partial charge in [-0.2, -0.15) is 5.26 Å². The highest BCUT2D eigenvalue weighted by Crippen LogP contribution is 2.23. The summed E-state index contributed by atoms with van der Waals surface area (Å²) in [4.78, 5) is 24.0. The first-order chi connectivity index (χ1) is 7.87. The van der Waals surface area contributed by atoms with E-state index in [0.717, 1.165) is 6.29 Å². The van der Waals surface area contributed by atoms with Crippen LogP contribution >= 0.6 is 0 Å². The molecule has 0 bridgehead atoms. The van der Waals surface area contributed by atoms with Crippen LogP contribution in [0.15, 0.2) is 0 Å². The van der Waals surface area contributed by atoms with E-state index >= 15 is 0 Å². The topological polar surface area (TPSA) is 70.4 Å². The van der Waals surface area contributed by atoms with Gasteiger partial charge in [-0.1, -0.05) is 0 Å². The van der Waals surface area contributed by atoms with Crippen LogP contribution in [0.1, 0.15) is 27.2 Å². The van der Waals surface area contributed by atoms with E-state index in [0.29, 0.717) is 13.0 Å². The van der Waals surface area contributed by atoms with Crippen molar-refractivity contribution in [3.05, 3.63) is 0 Å². The zero-order valence-electron chi connectivity index (χ0n) is 10.5. The van der Waals surface area contributed by atoms with Crippen molar-refractivity contribution in [1.29, 1.82) is 5.26 Å². The number of nitrogens with zero attached hydrogens (tertiary/aromatic N) is 2. The van der Waals surface area contributed by atoms with Gasteiger partial charge in [0.1, 0.15) is 11.9 Å². The lowest BCUT2D eigenvalue weighted by atomic mass is 9.88. The number of piperidine rings is 1. The molecule has 0 spiro atoms. The van der Waals surface area contributed by atoms with Gasteiger partial charge >= 0.3 is 6.09 Å². The molecule has 5 nitrogen and oxygen atoms in total. The molecule has 0 aliphatic carbocycles. The molecular formula is C12H18N2O3. The Hall–Kier alpha value is -1.57. The summed E-state index contributed by atoms with van der Waals surface area (Å²) in [6.45, 7) is 6.13. The molecule has 0 saturated carbocycles. The van der Waals surface area contributed by atoms with Gasteiger partial charge in [-0.15, -0.1) is 0 Å². The number of amides is 1. The van der Waals surface area contributed by atoms with Crippen LogP contribution in [-0.2, 0) is 9.53 Å². The van der Waals surface area contributed by atoms with E-state index in [1.54, 1.807) is 20.8 Å². The van der Waals surface area contributed by atoms with Gasteiger partial charge in [0.25, 0.3) is 0 Å². The summed E-state index contributed by atoms with van der Waals surface area (Å²) in [5.74, 6) is -0.688. The number of rotatable bonds is 1. The molecule has 1 fully saturated rings. The predicted molar refractivity (Wildman–Crippen MR) is 61.1 cm³/mol. The highest BCUT2D eigenvalue weighted by Gasteiger charge is 2.33. The van der Waals surface area contributed by atoms with E-state index in [-0.39, 0.29) is 12.5 Å². The van der Waals surface area contributed by atoms with E-state index in [1.165, 1.54) is 4.90 Å². The fourth-order valence-electron chi connectivity index (χ4n) is 1.76. The van der Waals surface area contributed by atoms with Crippen molar-refractivity contribution in [3.63, 3.8) is 0 Å². The van der Waals surface area contributed by atoms with Crippen LogP contribution in [0.25, 0.3) is 0 Å². The van der Waals surface area contributed by atoms with Crippen LogP contribution in [0.5, 0.6) is 0 Å². The Morgan fingerprint density at radius 2 is 2.18 bits per heavy atom. The minimum absolute atomic E-state index is 0.265. The first-order valence-electron chi connectivity index (χ1n) is 5.70. The average Bonchev–Trinajstić information content (AvgIpc) is 2.25. The molecule has 1 amide bonds. The molecule has 0 aromatic rings. The van der Waals surface area contributed by atoms with E-state index in [2.05, 4.69) is 6.07 Å². The quantitative estimate of drug-likeness (QED) is 0.650. The monoisotopic (exact) mass is 238 g/mol. The fourth-order valence-corrected chi connectivity index (χ4v) is 1.76. The largest absolute Gasteiger partial charge is 0.444 e. The zero-order chi connectivity index (χ0) is 13.1. The van der Waals surface area contributed by atoms with Gasteiger partial charge in [0, 0.05) is 19.0 Å². The smallest absolute Gasteiger partial charge is 0.410 e. The lowest BCUT2D eigenvalue weighted by Crippen LogP contribution is -2.45. The third kappa shape index (κ3) is 3.74. The number of nitriles is 1. The normalized spacial score (nSPS) is 24.9. The maximum atomic E-state index is 11.8. The average molecular weight is 238 g/mol. The molecule has 1 aliphatic rings. The first kappa shape index (κ1) is 13.5. The molecule has 1 saturated heterocycles. The maximum Gasteiger partial charge on any atom is 0.410 e. The molecule has 0 radical (unpaired) electrons. The van der Waals surface area contributed by atoms with Crippen molar-refractivity contribution >= 4 is 12.4 Å². The summed E-state index contributed by atoms with van der Waals surface area (Å²) >= 11 is 0. The van der Waals surface area contributed by atoms with Crippen LogP contribution in [0, 0.1) is 23.2 Å². The summed E-state index contributed by atoms with van der Waals surface area (Å²) in [6, 6.07) is 2.07. The second-order valence-electron chi connectivity index (χ2n) is 5.25. The van der Waals surface area contributed by atoms with Gasteiger partial charge in [0.15, 0.2) is 0 Å². The van der Waals surface area contributed by atoms with Crippen LogP contribution < -0.4 is 0 Å². The third-order valence-corrected chi connectivity index (χ3v) is 2.66. The minimum Gasteiger partial charge on any atom is -0.444 e. The second-order valence-corrected chi connectivity index (χ2v) is 5.25. The molecule has 0 aromatic heterocycles. The Labute approximate surface area is 101 Å². The summed E-state index contributed by atoms with van der Waals surface area (Å²) < 4.78 is 5.23. The zero-order valence-corrected chi connectivity index (χ0v) is 10.5. The molecule has 1 aliphatic heterocycles.